The zero-order chi connectivity index (χ0) is 15.8. The molecule has 3 N–H and O–H groups in total. The number of hydrogen-bond donors (Lipinski definition) is 2. The smallest absolute Gasteiger partial charge is 0.263 e. The quantitative estimate of drug-likeness (QED) is 0.688. The summed E-state index contributed by atoms with van der Waals surface area (Å²) in [7, 11) is -3.93. The van der Waals surface area contributed by atoms with Gasteiger partial charge in [-0.3, -0.25) is 4.72 Å². The van der Waals surface area contributed by atoms with E-state index in [0.717, 1.165) is 0 Å². The fraction of sp³-hybridized carbons (Fsp3) is 0. The lowest BCUT2D eigenvalue weighted by atomic mass is 10.3. The molecule has 0 aliphatic carbocycles. The maximum Gasteiger partial charge on any atom is 0.263 e. The number of hydrogen-bond acceptors (Lipinski definition) is 3. The van der Waals surface area contributed by atoms with E-state index in [0.29, 0.717) is 9.50 Å². The molecule has 0 saturated carbocycles. The molecule has 2 aromatic carbocycles. The first kappa shape index (κ1) is 16.7. The fourth-order valence-corrected chi connectivity index (χ4v) is 4.02. The van der Waals surface area contributed by atoms with E-state index in [1.54, 1.807) is 12.1 Å². The van der Waals surface area contributed by atoms with Gasteiger partial charge in [0, 0.05) is 9.50 Å². The van der Waals surface area contributed by atoms with E-state index in [-0.39, 0.29) is 26.3 Å². The van der Waals surface area contributed by atoms with E-state index in [1.807, 2.05) is 0 Å². The molecule has 0 aliphatic rings. The second-order valence-electron chi connectivity index (χ2n) is 4.00. The van der Waals surface area contributed by atoms with Crippen molar-refractivity contribution in [3.63, 3.8) is 0 Å². The minimum absolute atomic E-state index is 0.00590. The van der Waals surface area contributed by atoms with Crippen LogP contribution >= 0.6 is 50.7 Å². The summed E-state index contributed by atoms with van der Waals surface area (Å²) < 4.78 is 27.7. The number of nitrogens with one attached hydrogen (secondary N) is 1. The maximum atomic E-state index is 12.4. The van der Waals surface area contributed by atoms with E-state index in [9.17, 15) is 8.42 Å². The Morgan fingerprint density at radius 3 is 2.43 bits per heavy atom. The molecular weight excluding hydrogens is 422 g/mol. The van der Waals surface area contributed by atoms with Crippen molar-refractivity contribution in [2.45, 2.75) is 4.90 Å². The van der Waals surface area contributed by atoms with E-state index < -0.39 is 10.0 Å². The van der Waals surface area contributed by atoms with Crippen molar-refractivity contribution < 1.29 is 8.42 Å². The second-order valence-corrected chi connectivity index (χ2v) is 7.73. The molecule has 0 heterocycles. The summed E-state index contributed by atoms with van der Waals surface area (Å²) in [6, 6.07) is 7.36. The van der Waals surface area contributed by atoms with Crippen molar-refractivity contribution in [3.05, 3.63) is 49.9 Å². The Hall–Kier alpha value is -0.660. The van der Waals surface area contributed by atoms with Gasteiger partial charge in [-0.05, 0) is 46.3 Å². The summed E-state index contributed by atoms with van der Waals surface area (Å²) >= 11 is 20.8. The number of rotatable bonds is 3. The number of sulfonamides is 1. The van der Waals surface area contributed by atoms with Gasteiger partial charge in [0.25, 0.3) is 10.0 Å². The Balaban J connectivity index is 2.49. The van der Waals surface area contributed by atoms with Crippen LogP contribution in [0.3, 0.4) is 0 Å². The van der Waals surface area contributed by atoms with Crippen molar-refractivity contribution in [1.29, 1.82) is 0 Å². The molecule has 0 aromatic heterocycles. The number of nitrogen functional groups attached to an aromatic ring is 1. The summed E-state index contributed by atoms with van der Waals surface area (Å²) in [5.41, 5.74) is 5.93. The lowest BCUT2D eigenvalue weighted by molar-refractivity contribution is 0.601. The van der Waals surface area contributed by atoms with Crippen LogP contribution in [0, 0.1) is 0 Å². The molecular formula is C12H8BrCl3N2O2S. The molecule has 0 radical (unpaired) electrons. The van der Waals surface area contributed by atoms with E-state index in [2.05, 4.69) is 20.7 Å². The molecule has 0 bridgehead atoms. The molecule has 0 amide bonds. The Labute approximate surface area is 145 Å². The predicted molar refractivity (Wildman–Crippen MR) is 90.8 cm³/mol. The highest BCUT2D eigenvalue weighted by atomic mass is 79.9. The average Bonchev–Trinajstić information content (AvgIpc) is 2.39. The standard InChI is InChI=1S/C12H8BrCl3N2O2S/c13-7-2-1-6(14)5-9(7)18-21(19,20)10-4-3-8(15)12(17)11(10)16/h1-5,18H,17H2. The Kier molecular flexibility index (Phi) is 4.95. The van der Waals surface area contributed by atoms with E-state index in [4.69, 9.17) is 40.5 Å². The van der Waals surface area contributed by atoms with Crippen LogP contribution in [-0.2, 0) is 10.0 Å². The first-order valence-electron chi connectivity index (χ1n) is 5.43. The molecule has 9 heteroatoms. The normalized spacial score (nSPS) is 11.4. The van der Waals surface area contributed by atoms with Crippen LogP contribution in [0.25, 0.3) is 0 Å². The number of anilines is 2. The predicted octanol–water partition coefficient (Wildman–Crippen LogP) is 4.79. The minimum atomic E-state index is -3.93. The van der Waals surface area contributed by atoms with Crippen LogP contribution in [-0.4, -0.2) is 8.42 Å². The van der Waals surface area contributed by atoms with Gasteiger partial charge < -0.3 is 5.73 Å². The van der Waals surface area contributed by atoms with Gasteiger partial charge in [0.1, 0.15) is 4.90 Å². The van der Waals surface area contributed by atoms with Gasteiger partial charge in [0.05, 0.1) is 21.4 Å². The Morgan fingerprint density at radius 2 is 1.76 bits per heavy atom. The van der Waals surface area contributed by atoms with Crippen LogP contribution in [0.2, 0.25) is 15.1 Å². The molecule has 21 heavy (non-hydrogen) atoms. The highest BCUT2D eigenvalue weighted by molar-refractivity contribution is 9.10. The lowest BCUT2D eigenvalue weighted by Gasteiger charge is -2.12. The monoisotopic (exact) mass is 428 g/mol. The third-order valence-corrected chi connectivity index (χ3v) is 5.74. The van der Waals surface area contributed by atoms with Gasteiger partial charge in [-0.25, -0.2) is 8.42 Å². The summed E-state index contributed by atoms with van der Waals surface area (Å²) in [5, 5.41) is 0.439. The number of benzene rings is 2. The van der Waals surface area contributed by atoms with Crippen LogP contribution in [0.4, 0.5) is 11.4 Å². The van der Waals surface area contributed by atoms with Gasteiger partial charge in [0.2, 0.25) is 0 Å². The van der Waals surface area contributed by atoms with Crippen LogP contribution in [0.5, 0.6) is 0 Å². The molecule has 2 aromatic rings. The van der Waals surface area contributed by atoms with Gasteiger partial charge in [-0.1, -0.05) is 34.8 Å². The van der Waals surface area contributed by atoms with Gasteiger partial charge >= 0.3 is 0 Å². The molecule has 0 unspecified atom stereocenters. The third kappa shape index (κ3) is 3.57. The van der Waals surface area contributed by atoms with Gasteiger partial charge in [-0.2, -0.15) is 0 Å². The topological polar surface area (TPSA) is 72.2 Å². The summed E-state index contributed by atoms with van der Waals surface area (Å²) in [6.45, 7) is 0. The van der Waals surface area contributed by atoms with Crippen molar-refractivity contribution in [2.24, 2.45) is 0 Å². The third-order valence-electron chi connectivity index (χ3n) is 2.55. The van der Waals surface area contributed by atoms with Crippen LogP contribution in [0.1, 0.15) is 0 Å². The summed E-state index contributed by atoms with van der Waals surface area (Å²) in [5.74, 6) is 0. The van der Waals surface area contributed by atoms with E-state index in [1.165, 1.54) is 18.2 Å². The highest BCUT2D eigenvalue weighted by Gasteiger charge is 2.21. The molecule has 0 aliphatic heterocycles. The zero-order valence-corrected chi connectivity index (χ0v) is 14.9. The zero-order valence-electron chi connectivity index (χ0n) is 10.2. The van der Waals surface area contributed by atoms with Crippen LogP contribution < -0.4 is 10.5 Å². The molecule has 0 atom stereocenters. The van der Waals surface area contributed by atoms with Crippen molar-refractivity contribution >= 4 is 72.1 Å². The minimum Gasteiger partial charge on any atom is -0.396 e. The molecule has 112 valence electrons. The van der Waals surface area contributed by atoms with E-state index >= 15 is 0 Å². The largest absolute Gasteiger partial charge is 0.396 e. The van der Waals surface area contributed by atoms with Gasteiger partial charge in [-0.15, -0.1) is 0 Å². The van der Waals surface area contributed by atoms with Gasteiger partial charge in [0.15, 0.2) is 0 Å². The average molecular weight is 431 g/mol. The fourth-order valence-electron chi connectivity index (χ4n) is 1.53. The van der Waals surface area contributed by atoms with Crippen molar-refractivity contribution in [3.8, 4) is 0 Å². The molecule has 4 nitrogen and oxygen atoms in total. The molecule has 0 saturated heterocycles. The van der Waals surface area contributed by atoms with Crippen molar-refractivity contribution in [1.82, 2.24) is 0 Å². The number of halogens is 4. The SMILES string of the molecule is Nc1c(Cl)ccc(S(=O)(=O)Nc2cc(Cl)ccc2Br)c1Cl. The van der Waals surface area contributed by atoms with Crippen molar-refractivity contribution in [2.75, 3.05) is 10.5 Å². The first-order valence-corrected chi connectivity index (χ1v) is 8.84. The second kappa shape index (κ2) is 6.22. The first-order chi connectivity index (χ1) is 9.72. The van der Waals surface area contributed by atoms with Crippen LogP contribution in [0.15, 0.2) is 39.7 Å². The Morgan fingerprint density at radius 1 is 1.10 bits per heavy atom. The molecule has 0 fully saturated rings. The Bertz CT molecular complexity index is 812. The highest BCUT2D eigenvalue weighted by Crippen LogP contribution is 2.35. The number of nitrogens with two attached hydrogens (primary N) is 1. The molecule has 2 rings (SSSR count). The maximum absolute atomic E-state index is 12.4. The lowest BCUT2D eigenvalue weighted by Crippen LogP contribution is -2.14. The molecule has 0 spiro atoms. The summed E-state index contributed by atoms with van der Waals surface area (Å²) in [4.78, 5) is -0.169. The summed E-state index contributed by atoms with van der Waals surface area (Å²) in [6.07, 6.45) is 0.